The summed E-state index contributed by atoms with van der Waals surface area (Å²) in [4.78, 5) is 18.9. The Labute approximate surface area is 180 Å². The standard InChI is InChI=1S/C21H21ClN2O3S2/c1-14-7-9-16(22)11-17(14)24-18-12-29(26,27)13-19(18)28-21(24)23-20(25)10-8-15-5-3-2-4-6-15/h2-7,9,11,18-19H,8,10,12-13H2,1H3/t18-,19-/m1/s1. The number of aliphatic imine (C=N–C) groups is 1. The molecule has 0 aromatic heterocycles. The maximum atomic E-state index is 12.6. The number of carbonyl (C=O) groups excluding carboxylic acids is 1. The fourth-order valence-corrected chi connectivity index (χ4v) is 7.84. The summed E-state index contributed by atoms with van der Waals surface area (Å²) in [6.45, 7) is 1.95. The summed E-state index contributed by atoms with van der Waals surface area (Å²) in [6, 6.07) is 15.1. The number of anilines is 1. The van der Waals surface area contributed by atoms with E-state index < -0.39 is 9.84 Å². The number of fused-ring (bicyclic) bond motifs is 1. The van der Waals surface area contributed by atoms with E-state index in [0.717, 1.165) is 16.8 Å². The maximum Gasteiger partial charge on any atom is 0.248 e. The van der Waals surface area contributed by atoms with Crippen LogP contribution < -0.4 is 4.90 Å². The molecule has 2 aromatic carbocycles. The molecular formula is C21H21ClN2O3S2. The predicted octanol–water partition coefficient (Wildman–Crippen LogP) is 3.88. The van der Waals surface area contributed by atoms with Crippen molar-refractivity contribution in [2.45, 2.75) is 31.1 Å². The highest BCUT2D eigenvalue weighted by molar-refractivity contribution is 8.16. The molecule has 2 aliphatic heterocycles. The first-order valence-corrected chi connectivity index (χ1v) is 12.5. The lowest BCUT2D eigenvalue weighted by atomic mass is 10.1. The molecular weight excluding hydrogens is 428 g/mol. The number of aryl methyl sites for hydroxylation is 2. The molecule has 0 bridgehead atoms. The van der Waals surface area contributed by atoms with Crippen molar-refractivity contribution in [1.29, 1.82) is 0 Å². The second kappa shape index (κ2) is 8.13. The summed E-state index contributed by atoms with van der Waals surface area (Å²) in [5, 5.41) is 1.01. The number of hydrogen-bond acceptors (Lipinski definition) is 4. The minimum Gasteiger partial charge on any atom is -0.315 e. The molecule has 2 atom stereocenters. The van der Waals surface area contributed by atoms with E-state index in [1.165, 1.54) is 11.8 Å². The van der Waals surface area contributed by atoms with Crippen LogP contribution in [0.4, 0.5) is 5.69 Å². The zero-order valence-corrected chi connectivity index (χ0v) is 18.3. The van der Waals surface area contributed by atoms with Crippen molar-refractivity contribution in [3.05, 3.63) is 64.7 Å². The molecule has 0 saturated carbocycles. The van der Waals surface area contributed by atoms with Crippen LogP contribution in [-0.2, 0) is 21.1 Å². The third-order valence-corrected chi connectivity index (χ3v) is 8.63. The average Bonchev–Trinajstić information content (AvgIpc) is 3.14. The van der Waals surface area contributed by atoms with Gasteiger partial charge >= 0.3 is 0 Å². The van der Waals surface area contributed by atoms with Gasteiger partial charge in [-0.3, -0.25) is 4.79 Å². The van der Waals surface area contributed by atoms with Gasteiger partial charge < -0.3 is 4.90 Å². The molecule has 152 valence electrons. The zero-order chi connectivity index (χ0) is 20.6. The molecule has 2 heterocycles. The fourth-order valence-electron chi connectivity index (χ4n) is 3.75. The molecule has 0 aliphatic carbocycles. The molecule has 2 fully saturated rings. The Morgan fingerprint density at radius 1 is 1.21 bits per heavy atom. The highest BCUT2D eigenvalue weighted by Crippen LogP contribution is 2.42. The van der Waals surface area contributed by atoms with E-state index in [9.17, 15) is 13.2 Å². The number of amides is 1. The molecule has 0 N–H and O–H groups in total. The second-order valence-corrected chi connectivity index (χ2v) is 11.2. The first-order valence-electron chi connectivity index (χ1n) is 9.40. The second-order valence-electron chi connectivity index (χ2n) is 7.38. The molecule has 2 saturated heterocycles. The molecule has 0 spiro atoms. The Morgan fingerprint density at radius 2 is 1.97 bits per heavy atom. The molecule has 0 unspecified atom stereocenters. The Hall–Kier alpha value is -1.83. The van der Waals surface area contributed by atoms with Crippen molar-refractivity contribution in [3.63, 3.8) is 0 Å². The van der Waals surface area contributed by atoms with Crippen LogP contribution in [0.1, 0.15) is 17.5 Å². The van der Waals surface area contributed by atoms with Crippen molar-refractivity contribution >= 4 is 50.0 Å². The lowest BCUT2D eigenvalue weighted by Gasteiger charge is -2.26. The van der Waals surface area contributed by atoms with E-state index >= 15 is 0 Å². The van der Waals surface area contributed by atoms with Gasteiger partial charge in [0.25, 0.3) is 0 Å². The quantitative estimate of drug-likeness (QED) is 0.710. The monoisotopic (exact) mass is 448 g/mol. The number of benzene rings is 2. The minimum absolute atomic E-state index is 0.0633. The van der Waals surface area contributed by atoms with Crippen LogP contribution in [-0.4, -0.2) is 42.3 Å². The fraction of sp³-hybridized carbons (Fsp3) is 0.333. The van der Waals surface area contributed by atoms with Gasteiger partial charge in [-0.2, -0.15) is 4.99 Å². The van der Waals surface area contributed by atoms with E-state index in [2.05, 4.69) is 4.99 Å². The summed E-state index contributed by atoms with van der Waals surface area (Å²) in [5.41, 5.74) is 2.86. The van der Waals surface area contributed by atoms with Crippen LogP contribution >= 0.6 is 23.4 Å². The van der Waals surface area contributed by atoms with E-state index in [4.69, 9.17) is 11.6 Å². The number of thioether (sulfide) groups is 1. The minimum atomic E-state index is -3.10. The van der Waals surface area contributed by atoms with Gasteiger partial charge in [-0.05, 0) is 36.6 Å². The van der Waals surface area contributed by atoms with Crippen LogP contribution in [0.2, 0.25) is 5.02 Å². The van der Waals surface area contributed by atoms with Crippen molar-refractivity contribution in [1.82, 2.24) is 0 Å². The SMILES string of the molecule is Cc1ccc(Cl)cc1N1C(=NC(=O)CCc2ccccc2)S[C@@H]2CS(=O)(=O)C[C@H]21. The summed E-state index contributed by atoms with van der Waals surface area (Å²) in [6.07, 6.45) is 0.933. The highest BCUT2D eigenvalue weighted by Gasteiger charge is 2.49. The molecule has 8 heteroatoms. The number of amidine groups is 1. The van der Waals surface area contributed by atoms with Gasteiger partial charge in [-0.25, -0.2) is 8.42 Å². The van der Waals surface area contributed by atoms with Crippen molar-refractivity contribution < 1.29 is 13.2 Å². The average molecular weight is 449 g/mol. The van der Waals surface area contributed by atoms with Gasteiger partial charge in [0.15, 0.2) is 15.0 Å². The Kier molecular flexibility index (Phi) is 5.73. The lowest BCUT2D eigenvalue weighted by Crippen LogP contribution is -2.38. The summed E-state index contributed by atoms with van der Waals surface area (Å²) >= 11 is 7.59. The third kappa shape index (κ3) is 4.52. The van der Waals surface area contributed by atoms with E-state index in [0.29, 0.717) is 23.0 Å². The van der Waals surface area contributed by atoms with Crippen LogP contribution in [0, 0.1) is 6.92 Å². The van der Waals surface area contributed by atoms with Crippen LogP contribution in [0.3, 0.4) is 0 Å². The Morgan fingerprint density at radius 3 is 2.72 bits per heavy atom. The van der Waals surface area contributed by atoms with Crippen LogP contribution in [0.25, 0.3) is 0 Å². The lowest BCUT2D eigenvalue weighted by molar-refractivity contribution is -0.117. The topological polar surface area (TPSA) is 66.8 Å². The van der Waals surface area contributed by atoms with E-state index in [1.54, 1.807) is 6.07 Å². The van der Waals surface area contributed by atoms with Crippen molar-refractivity contribution in [3.8, 4) is 0 Å². The largest absolute Gasteiger partial charge is 0.315 e. The predicted molar refractivity (Wildman–Crippen MR) is 120 cm³/mol. The molecule has 0 radical (unpaired) electrons. The summed E-state index contributed by atoms with van der Waals surface area (Å²) in [5.74, 6) is -0.0346. The third-order valence-electron chi connectivity index (χ3n) is 5.19. The first-order chi connectivity index (χ1) is 13.8. The van der Waals surface area contributed by atoms with Gasteiger partial charge in [0.1, 0.15) is 0 Å². The number of carbonyl (C=O) groups is 1. The molecule has 2 aromatic rings. The number of hydrogen-bond donors (Lipinski definition) is 0. The molecule has 4 rings (SSSR count). The van der Waals surface area contributed by atoms with Crippen LogP contribution in [0.15, 0.2) is 53.5 Å². The van der Waals surface area contributed by atoms with E-state index in [1.807, 2.05) is 54.3 Å². The van der Waals surface area contributed by atoms with Gasteiger partial charge in [0, 0.05) is 22.4 Å². The van der Waals surface area contributed by atoms with Crippen molar-refractivity contribution in [2.24, 2.45) is 4.99 Å². The normalized spacial score (nSPS) is 24.1. The van der Waals surface area contributed by atoms with Crippen molar-refractivity contribution in [2.75, 3.05) is 16.4 Å². The molecule has 2 aliphatic rings. The van der Waals surface area contributed by atoms with Gasteiger partial charge in [-0.1, -0.05) is 59.8 Å². The number of halogens is 1. The van der Waals surface area contributed by atoms with Crippen LogP contribution in [0.5, 0.6) is 0 Å². The first kappa shape index (κ1) is 20.4. The number of rotatable bonds is 4. The Bertz CT molecular complexity index is 1070. The van der Waals surface area contributed by atoms with Gasteiger partial charge in [0.2, 0.25) is 5.91 Å². The summed E-state index contributed by atoms with van der Waals surface area (Å²) in [7, 11) is -3.10. The Balaban J connectivity index is 1.61. The van der Waals surface area contributed by atoms with Gasteiger partial charge in [0.05, 0.1) is 17.5 Å². The zero-order valence-electron chi connectivity index (χ0n) is 15.9. The number of nitrogens with zero attached hydrogens (tertiary/aromatic N) is 2. The van der Waals surface area contributed by atoms with E-state index in [-0.39, 0.29) is 28.7 Å². The molecule has 29 heavy (non-hydrogen) atoms. The van der Waals surface area contributed by atoms with Gasteiger partial charge in [-0.15, -0.1) is 0 Å². The number of sulfone groups is 1. The molecule has 1 amide bonds. The summed E-state index contributed by atoms with van der Waals surface area (Å²) < 4.78 is 24.4. The maximum absolute atomic E-state index is 12.6. The highest BCUT2D eigenvalue weighted by atomic mass is 35.5. The molecule has 5 nitrogen and oxygen atoms in total. The smallest absolute Gasteiger partial charge is 0.248 e.